The number of hydrogen-bond acceptors (Lipinski definition) is 4. The van der Waals surface area contributed by atoms with Crippen molar-refractivity contribution in [3.8, 4) is 5.75 Å². The first-order chi connectivity index (χ1) is 12.7. The summed E-state index contributed by atoms with van der Waals surface area (Å²) < 4.78 is 19.5. The van der Waals surface area contributed by atoms with Crippen molar-refractivity contribution in [2.24, 2.45) is 0 Å². The number of amides is 1. The fourth-order valence-corrected chi connectivity index (χ4v) is 3.50. The van der Waals surface area contributed by atoms with Gasteiger partial charge in [0.2, 0.25) is 0 Å². The number of nitrogens with zero attached hydrogens (tertiary/aromatic N) is 2. The van der Waals surface area contributed by atoms with Crippen LogP contribution in [0.5, 0.6) is 5.75 Å². The van der Waals surface area contributed by atoms with Crippen molar-refractivity contribution in [1.82, 2.24) is 20.2 Å². The van der Waals surface area contributed by atoms with E-state index in [2.05, 4.69) is 15.3 Å². The highest BCUT2D eigenvalue weighted by molar-refractivity contribution is 6.05. The summed E-state index contributed by atoms with van der Waals surface area (Å²) in [5, 5.41) is 3.32. The number of piperazine rings is 1. The number of carbonyl (C=O) groups excluding carboxylic acids is 1. The maximum absolute atomic E-state index is 14.0. The lowest BCUT2D eigenvalue weighted by atomic mass is 10.0. The molecule has 4 rings (SSSR count). The van der Waals surface area contributed by atoms with E-state index in [1.807, 2.05) is 24.3 Å². The number of fused-ring (bicyclic) bond motifs is 1. The Labute approximate surface area is 150 Å². The molecule has 0 radical (unpaired) electrons. The lowest BCUT2D eigenvalue weighted by molar-refractivity contribution is 0.0633. The SMILES string of the molecule is COc1ccccc1C1CNCCN1C(=O)c1cc(F)cc2[nH]cnc12. The summed E-state index contributed by atoms with van der Waals surface area (Å²) in [6, 6.07) is 10.0. The quantitative estimate of drug-likeness (QED) is 0.758. The molecule has 0 bridgehead atoms. The van der Waals surface area contributed by atoms with Crippen molar-refractivity contribution in [2.45, 2.75) is 6.04 Å². The molecule has 26 heavy (non-hydrogen) atoms. The molecule has 7 heteroatoms. The van der Waals surface area contributed by atoms with Gasteiger partial charge in [-0.1, -0.05) is 18.2 Å². The average Bonchev–Trinajstić information content (AvgIpc) is 3.15. The van der Waals surface area contributed by atoms with Crippen LogP contribution in [0.4, 0.5) is 4.39 Å². The first kappa shape index (κ1) is 16.5. The lowest BCUT2D eigenvalue weighted by Gasteiger charge is -2.37. The second-order valence-electron chi connectivity index (χ2n) is 6.21. The number of H-pyrrole nitrogens is 1. The van der Waals surface area contributed by atoms with Gasteiger partial charge in [0.25, 0.3) is 5.91 Å². The van der Waals surface area contributed by atoms with Crippen molar-refractivity contribution in [3.63, 3.8) is 0 Å². The summed E-state index contributed by atoms with van der Waals surface area (Å²) >= 11 is 0. The Morgan fingerprint density at radius 1 is 1.35 bits per heavy atom. The highest BCUT2D eigenvalue weighted by Crippen LogP contribution is 2.32. The Morgan fingerprint density at radius 2 is 2.19 bits per heavy atom. The molecule has 3 aromatic rings. The van der Waals surface area contributed by atoms with Gasteiger partial charge in [-0.05, 0) is 18.2 Å². The summed E-state index contributed by atoms with van der Waals surface area (Å²) in [6.07, 6.45) is 1.47. The Hall–Kier alpha value is -2.93. The van der Waals surface area contributed by atoms with Crippen LogP contribution in [0.15, 0.2) is 42.7 Å². The third-order valence-electron chi connectivity index (χ3n) is 4.72. The summed E-state index contributed by atoms with van der Waals surface area (Å²) in [5.41, 5.74) is 2.18. The van der Waals surface area contributed by atoms with Crippen LogP contribution in [0.25, 0.3) is 11.0 Å². The number of aromatic amines is 1. The molecular formula is C19H19FN4O2. The Morgan fingerprint density at radius 3 is 3.04 bits per heavy atom. The van der Waals surface area contributed by atoms with Crippen molar-refractivity contribution >= 4 is 16.9 Å². The minimum atomic E-state index is -0.464. The molecule has 2 N–H and O–H groups in total. The predicted molar refractivity (Wildman–Crippen MR) is 95.7 cm³/mol. The molecule has 6 nitrogen and oxygen atoms in total. The van der Waals surface area contributed by atoms with E-state index in [-0.39, 0.29) is 17.5 Å². The molecule has 1 fully saturated rings. The number of nitrogens with one attached hydrogen (secondary N) is 2. The van der Waals surface area contributed by atoms with E-state index in [4.69, 9.17) is 4.74 Å². The monoisotopic (exact) mass is 354 g/mol. The number of carbonyl (C=O) groups is 1. The minimum Gasteiger partial charge on any atom is -0.496 e. The van der Waals surface area contributed by atoms with Gasteiger partial charge in [-0.15, -0.1) is 0 Å². The highest BCUT2D eigenvalue weighted by atomic mass is 19.1. The van der Waals surface area contributed by atoms with Crippen LogP contribution in [-0.4, -0.2) is 47.5 Å². The van der Waals surface area contributed by atoms with Gasteiger partial charge in [0.05, 0.1) is 30.6 Å². The second kappa shape index (κ2) is 6.76. The minimum absolute atomic E-state index is 0.204. The number of aromatic nitrogens is 2. The zero-order chi connectivity index (χ0) is 18.1. The number of ether oxygens (including phenoxy) is 1. The topological polar surface area (TPSA) is 70.2 Å². The first-order valence-corrected chi connectivity index (χ1v) is 8.46. The van der Waals surface area contributed by atoms with Crippen LogP contribution in [-0.2, 0) is 0 Å². The normalized spacial score (nSPS) is 17.5. The molecule has 1 aliphatic heterocycles. The summed E-state index contributed by atoms with van der Waals surface area (Å²) in [5.74, 6) is 0.0243. The van der Waals surface area contributed by atoms with E-state index in [0.717, 1.165) is 11.3 Å². The maximum Gasteiger partial charge on any atom is 0.256 e. The molecule has 134 valence electrons. The van der Waals surface area contributed by atoms with Gasteiger partial charge in [0.15, 0.2) is 0 Å². The number of imidazole rings is 1. The van der Waals surface area contributed by atoms with Crippen LogP contribution in [0.3, 0.4) is 0 Å². The number of benzene rings is 2. The number of halogens is 1. The standard InChI is InChI=1S/C19H19FN4O2/c1-26-17-5-3-2-4-13(17)16-10-21-6-7-24(16)19(25)14-8-12(20)9-15-18(14)23-11-22-15/h2-5,8-9,11,16,21H,6-7,10H2,1H3,(H,22,23). The molecule has 0 spiro atoms. The van der Waals surface area contributed by atoms with Gasteiger partial charge in [0, 0.05) is 25.2 Å². The molecular weight excluding hydrogens is 335 g/mol. The van der Waals surface area contributed by atoms with Gasteiger partial charge >= 0.3 is 0 Å². The molecule has 1 atom stereocenters. The van der Waals surface area contributed by atoms with Crippen LogP contribution in [0.1, 0.15) is 22.0 Å². The van der Waals surface area contributed by atoms with E-state index in [1.165, 1.54) is 18.5 Å². The van der Waals surface area contributed by atoms with Gasteiger partial charge < -0.3 is 19.9 Å². The van der Waals surface area contributed by atoms with Gasteiger partial charge in [-0.2, -0.15) is 0 Å². The summed E-state index contributed by atoms with van der Waals surface area (Å²) in [7, 11) is 1.61. The summed E-state index contributed by atoms with van der Waals surface area (Å²) in [4.78, 5) is 22.1. The Kier molecular flexibility index (Phi) is 4.30. The fraction of sp³-hybridized carbons (Fsp3) is 0.263. The van der Waals surface area contributed by atoms with Gasteiger partial charge in [-0.25, -0.2) is 9.37 Å². The van der Waals surface area contributed by atoms with Crippen LogP contribution in [0, 0.1) is 5.82 Å². The predicted octanol–water partition coefficient (Wildman–Crippen LogP) is 2.50. The zero-order valence-electron chi connectivity index (χ0n) is 14.3. The third-order valence-corrected chi connectivity index (χ3v) is 4.72. The van der Waals surface area contributed by atoms with Gasteiger partial charge in [-0.3, -0.25) is 4.79 Å². The van der Waals surface area contributed by atoms with E-state index >= 15 is 0 Å². The highest BCUT2D eigenvalue weighted by Gasteiger charge is 2.31. The van der Waals surface area contributed by atoms with Gasteiger partial charge in [0.1, 0.15) is 17.1 Å². The summed E-state index contributed by atoms with van der Waals surface area (Å²) in [6.45, 7) is 1.80. The van der Waals surface area contributed by atoms with Crippen LogP contribution < -0.4 is 10.1 Å². The molecule has 2 aromatic carbocycles. The van der Waals surface area contributed by atoms with E-state index in [1.54, 1.807) is 12.0 Å². The van der Waals surface area contributed by atoms with Crippen molar-refractivity contribution in [3.05, 3.63) is 59.7 Å². The van der Waals surface area contributed by atoms with E-state index in [9.17, 15) is 9.18 Å². The van der Waals surface area contributed by atoms with Crippen molar-refractivity contribution in [2.75, 3.05) is 26.7 Å². The number of methoxy groups -OCH3 is 1. The van der Waals surface area contributed by atoms with Crippen molar-refractivity contribution < 1.29 is 13.9 Å². The first-order valence-electron chi connectivity index (χ1n) is 8.46. The maximum atomic E-state index is 14.0. The largest absolute Gasteiger partial charge is 0.496 e. The molecule has 1 aromatic heterocycles. The van der Waals surface area contributed by atoms with E-state index in [0.29, 0.717) is 30.7 Å². The Bertz CT molecular complexity index is 956. The molecule has 1 aliphatic rings. The fourth-order valence-electron chi connectivity index (χ4n) is 3.50. The number of para-hydroxylation sites is 1. The van der Waals surface area contributed by atoms with Crippen LogP contribution in [0.2, 0.25) is 0 Å². The Balaban J connectivity index is 1.76. The molecule has 0 aliphatic carbocycles. The molecule has 0 saturated carbocycles. The smallest absolute Gasteiger partial charge is 0.256 e. The van der Waals surface area contributed by atoms with Crippen LogP contribution >= 0.6 is 0 Å². The molecule has 1 unspecified atom stereocenters. The molecule has 2 heterocycles. The lowest BCUT2D eigenvalue weighted by Crippen LogP contribution is -2.48. The molecule has 1 saturated heterocycles. The van der Waals surface area contributed by atoms with Crippen molar-refractivity contribution in [1.29, 1.82) is 0 Å². The second-order valence-corrected chi connectivity index (χ2v) is 6.21. The average molecular weight is 354 g/mol. The van der Waals surface area contributed by atoms with E-state index < -0.39 is 5.82 Å². The third kappa shape index (κ3) is 2.80. The molecule has 1 amide bonds. The zero-order valence-corrected chi connectivity index (χ0v) is 14.3. The number of hydrogen-bond donors (Lipinski definition) is 2. The number of rotatable bonds is 3.